The van der Waals surface area contributed by atoms with Crippen molar-refractivity contribution in [3.8, 4) is 0 Å². The van der Waals surface area contributed by atoms with Crippen LogP contribution in [0.15, 0.2) is 0 Å². The molecule has 2 heterocycles. The maximum atomic E-state index is 6.17. The molecule has 2 aliphatic rings. The second-order valence-electron chi connectivity index (χ2n) is 7.55. The van der Waals surface area contributed by atoms with Gasteiger partial charge in [-0.15, -0.1) is 0 Å². The van der Waals surface area contributed by atoms with Crippen molar-refractivity contribution in [2.75, 3.05) is 32.7 Å². The summed E-state index contributed by atoms with van der Waals surface area (Å²) in [4.78, 5) is 2.62. The molecule has 18 heavy (non-hydrogen) atoms. The van der Waals surface area contributed by atoms with Crippen LogP contribution in [0, 0.1) is 5.41 Å². The Hall–Kier alpha value is -0.120. The quantitative estimate of drug-likeness (QED) is 0.836. The van der Waals surface area contributed by atoms with Crippen molar-refractivity contribution in [3.05, 3.63) is 0 Å². The van der Waals surface area contributed by atoms with Gasteiger partial charge in [-0.05, 0) is 52.5 Å². The first-order chi connectivity index (χ1) is 8.26. The lowest BCUT2D eigenvalue weighted by Gasteiger charge is -2.49. The lowest BCUT2D eigenvalue weighted by Crippen LogP contribution is -2.59. The number of rotatable bonds is 3. The van der Waals surface area contributed by atoms with Gasteiger partial charge in [0.1, 0.15) is 0 Å². The average Bonchev–Trinajstić information content (AvgIpc) is 2.61. The van der Waals surface area contributed by atoms with Gasteiger partial charge in [0.2, 0.25) is 0 Å². The van der Waals surface area contributed by atoms with E-state index in [1.807, 2.05) is 0 Å². The van der Waals surface area contributed by atoms with Crippen LogP contribution in [0.1, 0.15) is 47.5 Å². The third kappa shape index (κ3) is 3.25. The molecule has 0 spiro atoms. The molecule has 2 rings (SSSR count). The van der Waals surface area contributed by atoms with E-state index < -0.39 is 0 Å². The Morgan fingerprint density at radius 1 is 1.11 bits per heavy atom. The van der Waals surface area contributed by atoms with Gasteiger partial charge in [0, 0.05) is 26.2 Å². The second-order valence-corrected chi connectivity index (χ2v) is 7.55. The average molecular weight is 254 g/mol. The van der Waals surface area contributed by atoms with E-state index >= 15 is 0 Å². The molecule has 0 aromatic carbocycles. The van der Waals surface area contributed by atoms with Crippen LogP contribution in [0.4, 0.5) is 0 Å². The number of nitrogens with zero attached hydrogens (tertiary/aromatic N) is 1. The third-order valence-electron chi connectivity index (χ3n) is 4.40. The Labute approximate surface area is 112 Å². The predicted molar refractivity (Wildman–Crippen MR) is 75.9 cm³/mol. The maximum Gasteiger partial charge on any atom is 0.0760 e. The highest BCUT2D eigenvalue weighted by Crippen LogP contribution is 2.34. The highest BCUT2D eigenvalue weighted by molar-refractivity contribution is 4.95. The monoisotopic (exact) mass is 254 g/mol. The fourth-order valence-electron chi connectivity index (χ4n) is 3.88. The van der Waals surface area contributed by atoms with Crippen molar-refractivity contribution in [1.82, 2.24) is 10.2 Å². The summed E-state index contributed by atoms with van der Waals surface area (Å²) in [6, 6.07) is 0. The van der Waals surface area contributed by atoms with Crippen LogP contribution in [-0.4, -0.2) is 48.8 Å². The standard InChI is InChI=1S/C15H30N2O/c1-6-15(7-8-16-9-15)12-17-10-13(2,3)18-14(4,5)11-17/h16H,6-12H2,1-5H3. The third-order valence-corrected chi connectivity index (χ3v) is 4.40. The van der Waals surface area contributed by atoms with Crippen molar-refractivity contribution in [1.29, 1.82) is 0 Å². The van der Waals surface area contributed by atoms with Crippen molar-refractivity contribution in [2.45, 2.75) is 58.7 Å². The Balaban J connectivity index is 2.04. The van der Waals surface area contributed by atoms with Crippen molar-refractivity contribution < 1.29 is 4.74 Å². The molecule has 1 N–H and O–H groups in total. The van der Waals surface area contributed by atoms with Crippen LogP contribution in [0.25, 0.3) is 0 Å². The van der Waals surface area contributed by atoms with Crippen LogP contribution < -0.4 is 5.32 Å². The first-order valence-electron chi connectivity index (χ1n) is 7.39. The number of hydrogen-bond acceptors (Lipinski definition) is 3. The molecule has 3 heteroatoms. The van der Waals surface area contributed by atoms with Crippen LogP contribution >= 0.6 is 0 Å². The topological polar surface area (TPSA) is 24.5 Å². The number of nitrogens with one attached hydrogen (secondary N) is 1. The van der Waals surface area contributed by atoms with E-state index in [0.717, 1.165) is 13.1 Å². The molecule has 0 amide bonds. The van der Waals surface area contributed by atoms with E-state index in [9.17, 15) is 0 Å². The van der Waals surface area contributed by atoms with Gasteiger partial charge in [-0.1, -0.05) is 6.92 Å². The summed E-state index contributed by atoms with van der Waals surface area (Å²) in [5.74, 6) is 0. The van der Waals surface area contributed by atoms with Gasteiger partial charge in [-0.3, -0.25) is 4.90 Å². The summed E-state index contributed by atoms with van der Waals surface area (Å²) in [5, 5.41) is 3.54. The van der Waals surface area contributed by atoms with E-state index in [4.69, 9.17) is 4.74 Å². The SMILES string of the molecule is CCC1(CN2CC(C)(C)OC(C)(C)C2)CCNC1. The van der Waals surface area contributed by atoms with Crippen molar-refractivity contribution in [2.24, 2.45) is 5.41 Å². The smallest absolute Gasteiger partial charge is 0.0760 e. The zero-order valence-electron chi connectivity index (χ0n) is 12.8. The number of ether oxygens (including phenoxy) is 1. The second kappa shape index (κ2) is 4.77. The minimum atomic E-state index is -0.0251. The van der Waals surface area contributed by atoms with Gasteiger partial charge in [-0.2, -0.15) is 0 Å². The van der Waals surface area contributed by atoms with Crippen molar-refractivity contribution >= 4 is 0 Å². The van der Waals surface area contributed by atoms with Gasteiger partial charge in [-0.25, -0.2) is 0 Å². The van der Waals surface area contributed by atoms with Gasteiger partial charge >= 0.3 is 0 Å². The zero-order chi connectivity index (χ0) is 13.4. The molecule has 1 atom stereocenters. The molecule has 2 aliphatic heterocycles. The molecular formula is C15H30N2O. The predicted octanol–water partition coefficient (Wildman–Crippen LogP) is 2.27. The van der Waals surface area contributed by atoms with Gasteiger partial charge in [0.05, 0.1) is 11.2 Å². The lowest BCUT2D eigenvalue weighted by molar-refractivity contribution is -0.184. The summed E-state index contributed by atoms with van der Waals surface area (Å²) in [5.41, 5.74) is 0.439. The Kier molecular flexibility index (Phi) is 3.79. The normalized spacial score (nSPS) is 35.8. The van der Waals surface area contributed by atoms with Crippen LogP contribution in [0.2, 0.25) is 0 Å². The molecule has 0 radical (unpaired) electrons. The zero-order valence-corrected chi connectivity index (χ0v) is 12.8. The minimum Gasteiger partial charge on any atom is -0.367 e. The van der Waals surface area contributed by atoms with E-state index in [-0.39, 0.29) is 11.2 Å². The molecule has 3 nitrogen and oxygen atoms in total. The Morgan fingerprint density at radius 2 is 1.72 bits per heavy atom. The van der Waals surface area contributed by atoms with E-state index in [1.54, 1.807) is 0 Å². The summed E-state index contributed by atoms with van der Waals surface area (Å²) in [7, 11) is 0. The summed E-state index contributed by atoms with van der Waals surface area (Å²) in [6.07, 6.45) is 2.60. The molecule has 2 fully saturated rings. The molecule has 0 bridgehead atoms. The molecule has 1 unspecified atom stereocenters. The van der Waals surface area contributed by atoms with E-state index in [2.05, 4.69) is 44.8 Å². The highest BCUT2D eigenvalue weighted by Gasteiger charge is 2.41. The maximum absolute atomic E-state index is 6.17. The molecule has 0 saturated carbocycles. The Morgan fingerprint density at radius 3 is 2.17 bits per heavy atom. The summed E-state index contributed by atoms with van der Waals surface area (Å²) >= 11 is 0. The van der Waals surface area contributed by atoms with Gasteiger partial charge < -0.3 is 10.1 Å². The Bertz CT molecular complexity index is 277. The van der Waals surface area contributed by atoms with Crippen LogP contribution in [-0.2, 0) is 4.74 Å². The fourth-order valence-corrected chi connectivity index (χ4v) is 3.88. The van der Waals surface area contributed by atoms with Gasteiger partial charge in [0.25, 0.3) is 0 Å². The van der Waals surface area contributed by atoms with Crippen molar-refractivity contribution in [3.63, 3.8) is 0 Å². The molecular weight excluding hydrogens is 224 g/mol. The molecule has 0 aromatic heterocycles. The highest BCUT2D eigenvalue weighted by atomic mass is 16.5. The lowest BCUT2D eigenvalue weighted by atomic mass is 9.82. The van der Waals surface area contributed by atoms with Gasteiger partial charge in [0.15, 0.2) is 0 Å². The first-order valence-corrected chi connectivity index (χ1v) is 7.39. The summed E-state index contributed by atoms with van der Waals surface area (Å²) in [6.45, 7) is 16.9. The number of hydrogen-bond donors (Lipinski definition) is 1. The largest absolute Gasteiger partial charge is 0.367 e. The van der Waals surface area contributed by atoms with Crippen LogP contribution in [0.5, 0.6) is 0 Å². The fraction of sp³-hybridized carbons (Fsp3) is 1.00. The van der Waals surface area contributed by atoms with E-state index in [1.165, 1.54) is 32.5 Å². The molecule has 106 valence electrons. The summed E-state index contributed by atoms with van der Waals surface area (Å²) < 4.78 is 6.17. The number of morpholine rings is 1. The van der Waals surface area contributed by atoms with E-state index in [0.29, 0.717) is 5.41 Å². The van der Waals surface area contributed by atoms with Crippen LogP contribution in [0.3, 0.4) is 0 Å². The molecule has 0 aromatic rings. The molecule has 2 saturated heterocycles. The first kappa shape index (κ1) is 14.3. The minimum absolute atomic E-state index is 0.0251. The molecule has 0 aliphatic carbocycles.